The molecule has 0 atom stereocenters. The average molecular weight is 452 g/mol. The predicted octanol–water partition coefficient (Wildman–Crippen LogP) is 3.50. The monoisotopic (exact) mass is 451 g/mol. The zero-order valence-electron chi connectivity index (χ0n) is 18.4. The minimum Gasteiger partial charge on any atom is -0.352 e. The maximum atomic E-state index is 12.6. The minimum absolute atomic E-state index is 0.0662. The summed E-state index contributed by atoms with van der Waals surface area (Å²) in [4.78, 5) is 40.2. The highest BCUT2D eigenvalue weighted by Gasteiger charge is 2.23. The number of fused-ring (bicyclic) bond motifs is 1. The van der Waals surface area contributed by atoms with Crippen molar-refractivity contribution in [3.05, 3.63) is 53.2 Å². The standard InChI is InChI=1S/C24H29N5O2S/c1-2-19-16-20-22(26-17-27-24(20)32-19)29-14-12-28(13-15-29)21(30)10-6-7-11-25-23(31)18-8-4-3-5-9-18/h3-5,8-9,16-17H,2,6-7,10-15H2,1H3,(H,25,31). The Bertz CT molecular complexity index is 1060. The molecule has 3 heterocycles. The lowest BCUT2D eigenvalue weighted by molar-refractivity contribution is -0.131. The molecule has 1 fully saturated rings. The van der Waals surface area contributed by atoms with Crippen LogP contribution in [0, 0.1) is 0 Å². The number of benzene rings is 1. The number of carbonyl (C=O) groups is 2. The molecule has 2 amide bonds. The van der Waals surface area contributed by atoms with Gasteiger partial charge in [0, 0.05) is 49.6 Å². The number of aromatic nitrogens is 2. The van der Waals surface area contributed by atoms with Gasteiger partial charge in [0.2, 0.25) is 5.91 Å². The highest BCUT2D eigenvalue weighted by atomic mass is 32.1. The van der Waals surface area contributed by atoms with Crippen molar-refractivity contribution in [3.8, 4) is 0 Å². The van der Waals surface area contributed by atoms with Crippen LogP contribution in [0.15, 0.2) is 42.7 Å². The van der Waals surface area contributed by atoms with E-state index in [1.54, 1.807) is 29.8 Å². The van der Waals surface area contributed by atoms with Gasteiger partial charge in [-0.3, -0.25) is 9.59 Å². The molecular weight excluding hydrogens is 422 g/mol. The first-order valence-corrected chi connectivity index (χ1v) is 12.1. The molecule has 0 unspecified atom stereocenters. The zero-order valence-corrected chi connectivity index (χ0v) is 19.2. The molecule has 168 valence electrons. The first kappa shape index (κ1) is 22.2. The lowest BCUT2D eigenvalue weighted by Gasteiger charge is -2.35. The summed E-state index contributed by atoms with van der Waals surface area (Å²) in [7, 11) is 0. The molecule has 1 saturated heterocycles. The van der Waals surface area contributed by atoms with E-state index in [1.165, 1.54) is 4.88 Å². The summed E-state index contributed by atoms with van der Waals surface area (Å²) < 4.78 is 0. The van der Waals surface area contributed by atoms with Gasteiger partial charge in [-0.1, -0.05) is 25.1 Å². The molecule has 1 aliphatic rings. The third-order valence-electron chi connectivity index (χ3n) is 5.78. The highest BCUT2D eigenvalue weighted by Crippen LogP contribution is 2.31. The van der Waals surface area contributed by atoms with Crippen LogP contribution in [0.3, 0.4) is 0 Å². The van der Waals surface area contributed by atoms with Gasteiger partial charge in [-0.2, -0.15) is 0 Å². The number of nitrogens with zero attached hydrogens (tertiary/aromatic N) is 4. The van der Waals surface area contributed by atoms with Crippen LogP contribution < -0.4 is 10.2 Å². The number of hydrogen-bond acceptors (Lipinski definition) is 6. The topological polar surface area (TPSA) is 78.4 Å². The van der Waals surface area contributed by atoms with Crippen molar-refractivity contribution >= 4 is 39.2 Å². The van der Waals surface area contributed by atoms with E-state index in [0.717, 1.165) is 48.4 Å². The van der Waals surface area contributed by atoms with E-state index >= 15 is 0 Å². The van der Waals surface area contributed by atoms with Gasteiger partial charge in [0.15, 0.2) is 0 Å². The number of anilines is 1. The Balaban J connectivity index is 1.20. The summed E-state index contributed by atoms with van der Waals surface area (Å²) in [6, 6.07) is 11.4. The molecule has 7 nitrogen and oxygen atoms in total. The summed E-state index contributed by atoms with van der Waals surface area (Å²) >= 11 is 1.73. The number of unbranched alkanes of at least 4 members (excludes halogenated alkanes) is 1. The second-order valence-electron chi connectivity index (χ2n) is 7.93. The van der Waals surface area contributed by atoms with Crippen molar-refractivity contribution in [2.45, 2.75) is 32.6 Å². The van der Waals surface area contributed by atoms with Crippen LogP contribution in [0.25, 0.3) is 10.2 Å². The fraction of sp³-hybridized carbons (Fsp3) is 0.417. The quantitative estimate of drug-likeness (QED) is 0.531. The number of aryl methyl sites for hydroxylation is 1. The van der Waals surface area contributed by atoms with E-state index in [1.807, 2.05) is 23.1 Å². The summed E-state index contributed by atoms with van der Waals surface area (Å²) in [5.41, 5.74) is 0.663. The lowest BCUT2D eigenvalue weighted by Crippen LogP contribution is -2.49. The number of hydrogen-bond donors (Lipinski definition) is 1. The van der Waals surface area contributed by atoms with E-state index in [0.29, 0.717) is 31.6 Å². The second-order valence-corrected chi connectivity index (χ2v) is 9.04. The molecule has 0 spiro atoms. The van der Waals surface area contributed by atoms with Gasteiger partial charge >= 0.3 is 0 Å². The summed E-state index contributed by atoms with van der Waals surface area (Å²) in [6.45, 7) is 5.71. The first-order valence-electron chi connectivity index (χ1n) is 11.2. The van der Waals surface area contributed by atoms with Crippen LogP contribution in [0.1, 0.15) is 41.4 Å². The fourth-order valence-corrected chi connectivity index (χ4v) is 4.87. The van der Waals surface area contributed by atoms with Gasteiger partial charge in [0.05, 0.1) is 5.39 Å². The average Bonchev–Trinajstić information content (AvgIpc) is 3.28. The number of rotatable bonds is 8. The molecule has 0 aliphatic carbocycles. The third kappa shape index (κ3) is 5.24. The van der Waals surface area contributed by atoms with E-state index in [2.05, 4.69) is 33.2 Å². The fourth-order valence-electron chi connectivity index (χ4n) is 3.94. The Labute approximate surface area is 192 Å². The van der Waals surface area contributed by atoms with Gasteiger partial charge in [0.1, 0.15) is 17.0 Å². The number of piperazine rings is 1. The molecule has 32 heavy (non-hydrogen) atoms. The SMILES string of the molecule is CCc1cc2c(N3CCN(C(=O)CCCCNC(=O)c4ccccc4)CC3)ncnc2s1. The summed E-state index contributed by atoms with van der Waals surface area (Å²) in [6.07, 6.45) is 4.72. The lowest BCUT2D eigenvalue weighted by atomic mass is 10.2. The van der Waals surface area contributed by atoms with Gasteiger partial charge in [-0.05, 0) is 37.5 Å². The summed E-state index contributed by atoms with van der Waals surface area (Å²) in [5, 5.41) is 4.03. The van der Waals surface area contributed by atoms with Crippen molar-refractivity contribution < 1.29 is 9.59 Å². The van der Waals surface area contributed by atoms with Gasteiger partial charge in [-0.25, -0.2) is 9.97 Å². The molecule has 1 aliphatic heterocycles. The van der Waals surface area contributed by atoms with E-state index in [9.17, 15) is 9.59 Å². The van der Waals surface area contributed by atoms with Crippen molar-refractivity contribution in [2.24, 2.45) is 0 Å². The van der Waals surface area contributed by atoms with Gasteiger partial charge < -0.3 is 15.1 Å². The maximum Gasteiger partial charge on any atom is 0.251 e. The van der Waals surface area contributed by atoms with Crippen molar-refractivity contribution in [1.82, 2.24) is 20.2 Å². The Morgan fingerprint density at radius 2 is 1.84 bits per heavy atom. The molecule has 0 saturated carbocycles. The van der Waals surface area contributed by atoms with Crippen LogP contribution >= 0.6 is 11.3 Å². The number of nitrogens with one attached hydrogen (secondary N) is 1. The van der Waals surface area contributed by atoms with E-state index in [4.69, 9.17) is 0 Å². The smallest absolute Gasteiger partial charge is 0.251 e. The van der Waals surface area contributed by atoms with Crippen molar-refractivity contribution in [3.63, 3.8) is 0 Å². The van der Waals surface area contributed by atoms with Crippen LogP contribution in [0.2, 0.25) is 0 Å². The molecule has 1 aromatic carbocycles. The predicted molar refractivity (Wildman–Crippen MR) is 128 cm³/mol. The van der Waals surface area contributed by atoms with Crippen LogP contribution in [-0.2, 0) is 11.2 Å². The molecule has 4 rings (SSSR count). The Morgan fingerprint density at radius 3 is 2.59 bits per heavy atom. The Kier molecular flexibility index (Phi) is 7.32. The normalized spacial score (nSPS) is 14.0. The molecule has 2 aromatic heterocycles. The second kappa shape index (κ2) is 10.5. The largest absolute Gasteiger partial charge is 0.352 e. The van der Waals surface area contributed by atoms with E-state index < -0.39 is 0 Å². The number of thiophene rings is 1. The molecular formula is C24H29N5O2S. The Hall–Kier alpha value is -3.00. The van der Waals surface area contributed by atoms with Crippen LogP contribution in [0.4, 0.5) is 5.82 Å². The highest BCUT2D eigenvalue weighted by molar-refractivity contribution is 7.18. The molecule has 1 N–H and O–H groups in total. The van der Waals surface area contributed by atoms with E-state index in [-0.39, 0.29) is 11.8 Å². The van der Waals surface area contributed by atoms with Crippen LogP contribution in [0.5, 0.6) is 0 Å². The molecule has 0 bridgehead atoms. The molecule has 3 aromatic rings. The molecule has 8 heteroatoms. The zero-order chi connectivity index (χ0) is 22.3. The number of carbonyl (C=O) groups excluding carboxylic acids is 2. The first-order chi connectivity index (χ1) is 15.7. The number of amides is 2. The minimum atomic E-state index is -0.0662. The van der Waals surface area contributed by atoms with Gasteiger partial charge in [-0.15, -0.1) is 11.3 Å². The maximum absolute atomic E-state index is 12.6. The van der Waals surface area contributed by atoms with Gasteiger partial charge in [0.25, 0.3) is 5.91 Å². The van der Waals surface area contributed by atoms with Crippen molar-refractivity contribution in [1.29, 1.82) is 0 Å². The summed E-state index contributed by atoms with van der Waals surface area (Å²) in [5.74, 6) is 1.10. The third-order valence-corrected chi connectivity index (χ3v) is 6.97. The molecule has 0 radical (unpaired) electrons. The van der Waals surface area contributed by atoms with Crippen LogP contribution in [-0.4, -0.2) is 59.4 Å². The Morgan fingerprint density at radius 1 is 1.06 bits per heavy atom. The van der Waals surface area contributed by atoms with Crippen molar-refractivity contribution in [2.75, 3.05) is 37.6 Å².